The highest BCUT2D eigenvalue weighted by atomic mass is 16.5. The molecule has 152 valence electrons. The van der Waals surface area contributed by atoms with Gasteiger partial charge in [-0.05, 0) is 31.5 Å². The lowest BCUT2D eigenvalue weighted by molar-refractivity contribution is -0.138. The number of fused-ring (bicyclic) bond motifs is 2. The summed E-state index contributed by atoms with van der Waals surface area (Å²) in [7, 11) is 0. The molecule has 0 unspecified atom stereocenters. The van der Waals surface area contributed by atoms with Gasteiger partial charge in [-0.2, -0.15) is 0 Å². The van der Waals surface area contributed by atoms with Gasteiger partial charge < -0.3 is 14.8 Å². The maximum Gasteiger partial charge on any atom is 0.336 e. The van der Waals surface area contributed by atoms with Crippen molar-refractivity contribution in [1.29, 1.82) is 0 Å². The molecule has 1 N–H and O–H groups in total. The van der Waals surface area contributed by atoms with E-state index in [2.05, 4.69) is 11.9 Å². The number of dihydropyridines is 1. The molecule has 2 aromatic carbocycles. The number of hydrogen-bond acceptors (Lipinski definition) is 5. The van der Waals surface area contributed by atoms with E-state index in [0.29, 0.717) is 34.8 Å². The van der Waals surface area contributed by atoms with Gasteiger partial charge in [0.25, 0.3) is 0 Å². The summed E-state index contributed by atoms with van der Waals surface area (Å²) in [4.78, 5) is 26.2. The van der Waals surface area contributed by atoms with Gasteiger partial charge in [-0.15, -0.1) is 0 Å². The zero-order valence-electron chi connectivity index (χ0n) is 17.0. The van der Waals surface area contributed by atoms with E-state index in [1.165, 1.54) is 0 Å². The molecule has 0 spiro atoms. The molecule has 1 aliphatic heterocycles. The van der Waals surface area contributed by atoms with Crippen molar-refractivity contribution < 1.29 is 19.1 Å². The number of carbonyl (C=O) groups excluding carboxylic acids is 2. The zero-order chi connectivity index (χ0) is 21.3. The SMILES string of the molecule is C=CCOc1ccc([C@@H]2C(C(=O)OCC)=C(C)NC3=C2C(=O)c2ccccc23)cc1. The highest BCUT2D eigenvalue weighted by molar-refractivity contribution is 6.23. The second kappa shape index (κ2) is 8.03. The second-order valence-corrected chi connectivity index (χ2v) is 7.15. The van der Waals surface area contributed by atoms with Crippen LogP contribution in [0.25, 0.3) is 5.70 Å². The van der Waals surface area contributed by atoms with Crippen LogP contribution < -0.4 is 10.1 Å². The van der Waals surface area contributed by atoms with Crippen LogP contribution in [0.15, 0.2) is 78.0 Å². The summed E-state index contributed by atoms with van der Waals surface area (Å²) in [6.07, 6.45) is 1.68. The number of nitrogens with one attached hydrogen (secondary N) is 1. The molecule has 1 heterocycles. The normalized spacial score (nSPS) is 17.3. The lowest BCUT2D eigenvalue weighted by Gasteiger charge is -2.29. The zero-order valence-corrected chi connectivity index (χ0v) is 17.0. The molecule has 0 saturated heterocycles. The summed E-state index contributed by atoms with van der Waals surface area (Å²) < 4.78 is 10.9. The number of ketones is 1. The largest absolute Gasteiger partial charge is 0.490 e. The van der Waals surface area contributed by atoms with Crippen LogP contribution in [-0.2, 0) is 9.53 Å². The summed E-state index contributed by atoms with van der Waals surface area (Å²) in [5.41, 5.74) is 4.81. The van der Waals surface area contributed by atoms with Crippen LogP contribution >= 0.6 is 0 Å². The number of allylic oxidation sites excluding steroid dienone is 2. The number of Topliss-reactive ketones (excluding diaryl/α,β-unsaturated/α-hetero) is 1. The van der Waals surface area contributed by atoms with Crippen LogP contribution in [0, 0.1) is 0 Å². The molecule has 0 aromatic heterocycles. The van der Waals surface area contributed by atoms with Crippen molar-refractivity contribution in [1.82, 2.24) is 5.32 Å². The molecule has 0 amide bonds. The first-order chi connectivity index (χ1) is 14.6. The third kappa shape index (κ3) is 3.22. The molecule has 30 heavy (non-hydrogen) atoms. The maximum atomic E-state index is 13.3. The van der Waals surface area contributed by atoms with E-state index in [1.54, 1.807) is 13.0 Å². The smallest absolute Gasteiger partial charge is 0.336 e. The van der Waals surface area contributed by atoms with E-state index in [0.717, 1.165) is 16.8 Å². The molecule has 2 aromatic rings. The first-order valence-electron chi connectivity index (χ1n) is 9.93. The topological polar surface area (TPSA) is 64.6 Å². The van der Waals surface area contributed by atoms with Crippen molar-refractivity contribution in [2.75, 3.05) is 13.2 Å². The van der Waals surface area contributed by atoms with Gasteiger partial charge in [-0.25, -0.2) is 4.79 Å². The van der Waals surface area contributed by atoms with Crippen LogP contribution in [0.4, 0.5) is 0 Å². The van der Waals surface area contributed by atoms with Crippen molar-refractivity contribution in [3.05, 3.63) is 94.7 Å². The molecule has 0 saturated carbocycles. The van der Waals surface area contributed by atoms with Crippen LogP contribution in [-0.4, -0.2) is 25.0 Å². The van der Waals surface area contributed by atoms with Crippen molar-refractivity contribution in [2.24, 2.45) is 0 Å². The third-order valence-electron chi connectivity index (χ3n) is 5.33. The number of benzene rings is 2. The average molecular weight is 401 g/mol. The van der Waals surface area contributed by atoms with Crippen molar-refractivity contribution in [2.45, 2.75) is 19.8 Å². The van der Waals surface area contributed by atoms with Crippen molar-refractivity contribution in [3.8, 4) is 5.75 Å². The summed E-state index contributed by atoms with van der Waals surface area (Å²) in [6, 6.07) is 15.0. The van der Waals surface area contributed by atoms with Crippen molar-refractivity contribution >= 4 is 17.4 Å². The fraction of sp³-hybridized carbons (Fsp3) is 0.200. The molecule has 5 heteroatoms. The molecular formula is C25H23NO4. The van der Waals surface area contributed by atoms with Gasteiger partial charge in [0.05, 0.1) is 17.9 Å². The molecule has 4 rings (SSSR count). The molecule has 0 radical (unpaired) electrons. The Morgan fingerprint density at radius 1 is 1.13 bits per heavy atom. The Morgan fingerprint density at radius 2 is 1.83 bits per heavy atom. The monoisotopic (exact) mass is 401 g/mol. The predicted octanol–water partition coefficient (Wildman–Crippen LogP) is 4.38. The van der Waals surface area contributed by atoms with E-state index in [1.807, 2.05) is 55.5 Å². The van der Waals surface area contributed by atoms with Gasteiger partial charge in [-0.1, -0.05) is 49.1 Å². The summed E-state index contributed by atoms with van der Waals surface area (Å²) >= 11 is 0. The Bertz CT molecular complexity index is 1090. The molecule has 5 nitrogen and oxygen atoms in total. The Kier molecular flexibility index (Phi) is 5.27. The van der Waals surface area contributed by atoms with E-state index in [9.17, 15) is 9.59 Å². The lowest BCUT2D eigenvalue weighted by atomic mass is 9.80. The minimum atomic E-state index is -0.520. The fourth-order valence-electron chi connectivity index (χ4n) is 4.05. The summed E-state index contributed by atoms with van der Waals surface area (Å²) in [5.74, 6) is -0.316. The van der Waals surface area contributed by atoms with Crippen LogP contribution in [0.1, 0.15) is 41.3 Å². The Hall–Kier alpha value is -3.60. The highest BCUT2D eigenvalue weighted by Crippen LogP contribution is 2.46. The molecule has 1 atom stereocenters. The number of hydrogen-bond donors (Lipinski definition) is 1. The summed E-state index contributed by atoms with van der Waals surface area (Å²) in [6.45, 7) is 7.93. The minimum Gasteiger partial charge on any atom is -0.490 e. The number of esters is 1. The fourth-order valence-corrected chi connectivity index (χ4v) is 4.05. The number of carbonyl (C=O) groups is 2. The third-order valence-corrected chi connectivity index (χ3v) is 5.33. The van der Waals surface area contributed by atoms with E-state index in [4.69, 9.17) is 9.47 Å². The average Bonchev–Trinajstić information content (AvgIpc) is 3.04. The lowest BCUT2D eigenvalue weighted by Crippen LogP contribution is -2.29. The molecule has 0 fully saturated rings. The molecule has 2 aliphatic rings. The standard InChI is InChI=1S/C25H23NO4/c1-4-14-30-17-12-10-16(11-13-17)21-20(25(28)29-5-2)15(3)26-23-18-8-6-7-9-19(18)24(27)22(21)23/h4,6-13,21,26H,1,5,14H2,2-3H3/t21-/m1/s1. The Morgan fingerprint density at radius 3 is 2.50 bits per heavy atom. The van der Waals surface area contributed by atoms with E-state index >= 15 is 0 Å². The van der Waals surface area contributed by atoms with Gasteiger partial charge in [0, 0.05) is 28.3 Å². The predicted molar refractivity (Wildman–Crippen MR) is 115 cm³/mol. The maximum absolute atomic E-state index is 13.3. The van der Waals surface area contributed by atoms with Crippen LogP contribution in [0.2, 0.25) is 0 Å². The highest BCUT2D eigenvalue weighted by Gasteiger charge is 2.42. The quantitative estimate of drug-likeness (QED) is 0.575. The van der Waals surface area contributed by atoms with E-state index < -0.39 is 11.9 Å². The van der Waals surface area contributed by atoms with Gasteiger partial charge in [0.1, 0.15) is 12.4 Å². The van der Waals surface area contributed by atoms with Gasteiger partial charge >= 0.3 is 5.97 Å². The van der Waals surface area contributed by atoms with Crippen LogP contribution in [0.5, 0.6) is 5.75 Å². The molecular weight excluding hydrogens is 378 g/mol. The van der Waals surface area contributed by atoms with Gasteiger partial charge in [0.2, 0.25) is 0 Å². The Balaban J connectivity index is 1.83. The van der Waals surface area contributed by atoms with Gasteiger partial charge in [-0.3, -0.25) is 4.79 Å². The van der Waals surface area contributed by atoms with Crippen LogP contribution in [0.3, 0.4) is 0 Å². The first kappa shape index (κ1) is 19.7. The first-order valence-corrected chi connectivity index (χ1v) is 9.93. The van der Waals surface area contributed by atoms with E-state index in [-0.39, 0.29) is 12.4 Å². The summed E-state index contributed by atoms with van der Waals surface area (Å²) in [5, 5.41) is 3.30. The van der Waals surface area contributed by atoms with Gasteiger partial charge in [0.15, 0.2) is 5.78 Å². The number of rotatable bonds is 6. The number of ether oxygens (including phenoxy) is 2. The van der Waals surface area contributed by atoms with Crippen molar-refractivity contribution in [3.63, 3.8) is 0 Å². The molecule has 0 bridgehead atoms. The molecule has 1 aliphatic carbocycles. The minimum absolute atomic E-state index is 0.0700. The Labute approximate surface area is 175 Å². The second-order valence-electron chi connectivity index (χ2n) is 7.15.